The number of benzene rings is 2. The van der Waals surface area contributed by atoms with Gasteiger partial charge in [-0.25, -0.2) is 4.79 Å². The van der Waals surface area contributed by atoms with Crippen LogP contribution in [0.2, 0.25) is 0 Å². The number of anilines is 1. The Kier molecular flexibility index (Phi) is 4.62. The fraction of sp³-hybridized carbons (Fsp3) is 0. The number of hydrogen-bond acceptors (Lipinski definition) is 4. The van der Waals surface area contributed by atoms with Crippen LogP contribution in [0.25, 0.3) is 0 Å². The van der Waals surface area contributed by atoms with Crippen molar-refractivity contribution in [2.45, 2.75) is 9.79 Å². The molecule has 120 valence electrons. The summed E-state index contributed by atoms with van der Waals surface area (Å²) in [6.45, 7) is 0. The smallest absolute Gasteiger partial charge is 0.321 e. The molecule has 2 aromatic carbocycles. The van der Waals surface area contributed by atoms with E-state index in [1.165, 1.54) is 6.20 Å². The first kappa shape index (κ1) is 15.8. The summed E-state index contributed by atoms with van der Waals surface area (Å²) in [6, 6.07) is 16.0. The minimum atomic E-state index is -0.560. The van der Waals surface area contributed by atoms with E-state index in [-0.39, 0.29) is 5.91 Å². The Balaban J connectivity index is 1.87. The molecule has 0 aliphatic heterocycles. The van der Waals surface area contributed by atoms with E-state index >= 15 is 0 Å². The predicted octanol–water partition coefficient (Wildman–Crippen LogP) is 2.47. The Bertz CT molecular complexity index is 980. The highest BCUT2D eigenvalue weighted by Gasteiger charge is 2.11. The highest BCUT2D eigenvalue weighted by molar-refractivity contribution is 7.99. The quantitative estimate of drug-likeness (QED) is 0.680. The molecule has 0 unspecified atom stereocenters. The first-order valence-electron chi connectivity index (χ1n) is 7.09. The Morgan fingerprint density at radius 1 is 0.917 bits per heavy atom. The Labute approximate surface area is 141 Å². The summed E-state index contributed by atoms with van der Waals surface area (Å²) in [5.41, 5.74) is 0.0871. The van der Waals surface area contributed by atoms with Crippen LogP contribution in [0.4, 0.5) is 5.69 Å². The SMILES string of the molecule is O=C(Nc1ccccc1Sc1c[nH]c(=O)[nH]c1=O)c1ccccc1. The molecule has 0 fully saturated rings. The maximum absolute atomic E-state index is 12.3. The molecule has 24 heavy (non-hydrogen) atoms. The van der Waals surface area contributed by atoms with Gasteiger partial charge in [0.25, 0.3) is 11.5 Å². The summed E-state index contributed by atoms with van der Waals surface area (Å²) in [5, 5.41) is 2.83. The molecule has 0 aliphatic carbocycles. The third kappa shape index (κ3) is 3.64. The highest BCUT2D eigenvalue weighted by atomic mass is 32.2. The third-order valence-electron chi connectivity index (χ3n) is 3.18. The molecular weight excluding hydrogens is 326 g/mol. The standard InChI is InChI=1S/C17H13N3O3S/c21-15(11-6-2-1-3-7-11)19-12-8-4-5-9-13(12)24-14-10-18-17(23)20-16(14)22/h1-10H,(H,19,21)(H2,18,20,22,23). The number of aromatic nitrogens is 2. The van der Waals surface area contributed by atoms with E-state index in [4.69, 9.17) is 0 Å². The van der Waals surface area contributed by atoms with Crippen molar-refractivity contribution in [2.75, 3.05) is 5.32 Å². The van der Waals surface area contributed by atoms with E-state index < -0.39 is 11.2 Å². The van der Waals surface area contributed by atoms with E-state index in [0.717, 1.165) is 11.8 Å². The van der Waals surface area contributed by atoms with Crippen LogP contribution in [0.15, 0.2) is 80.2 Å². The van der Waals surface area contributed by atoms with E-state index in [2.05, 4.69) is 15.3 Å². The molecule has 1 aromatic heterocycles. The Morgan fingerprint density at radius 2 is 1.62 bits per heavy atom. The number of rotatable bonds is 4. The van der Waals surface area contributed by atoms with Crippen LogP contribution in [0.3, 0.4) is 0 Å². The molecule has 0 saturated carbocycles. The van der Waals surface area contributed by atoms with Crippen LogP contribution in [0, 0.1) is 0 Å². The number of aromatic amines is 2. The molecule has 0 atom stereocenters. The second-order valence-electron chi connectivity index (χ2n) is 4.85. The van der Waals surface area contributed by atoms with Crippen molar-refractivity contribution in [3.8, 4) is 0 Å². The summed E-state index contributed by atoms with van der Waals surface area (Å²) < 4.78 is 0. The predicted molar refractivity (Wildman–Crippen MR) is 92.6 cm³/mol. The number of amides is 1. The maximum Gasteiger partial charge on any atom is 0.325 e. The van der Waals surface area contributed by atoms with Crippen LogP contribution in [-0.2, 0) is 0 Å². The fourth-order valence-corrected chi connectivity index (χ4v) is 2.91. The maximum atomic E-state index is 12.3. The molecule has 0 saturated heterocycles. The average molecular weight is 339 g/mol. The first-order valence-corrected chi connectivity index (χ1v) is 7.90. The molecule has 0 spiro atoms. The van der Waals surface area contributed by atoms with Gasteiger partial charge in [0, 0.05) is 16.7 Å². The number of carbonyl (C=O) groups is 1. The van der Waals surface area contributed by atoms with Gasteiger partial charge in [-0.15, -0.1) is 0 Å². The van der Waals surface area contributed by atoms with Crippen molar-refractivity contribution in [3.05, 3.63) is 87.2 Å². The van der Waals surface area contributed by atoms with Crippen molar-refractivity contribution in [3.63, 3.8) is 0 Å². The van der Waals surface area contributed by atoms with E-state index in [9.17, 15) is 14.4 Å². The van der Waals surface area contributed by atoms with E-state index in [0.29, 0.717) is 21.0 Å². The fourth-order valence-electron chi connectivity index (χ4n) is 2.03. The topological polar surface area (TPSA) is 94.8 Å². The lowest BCUT2D eigenvalue weighted by molar-refractivity contribution is 0.102. The third-order valence-corrected chi connectivity index (χ3v) is 4.28. The van der Waals surface area contributed by atoms with Gasteiger partial charge in [-0.3, -0.25) is 14.6 Å². The van der Waals surface area contributed by atoms with E-state index in [1.807, 2.05) is 6.07 Å². The molecule has 1 amide bonds. The summed E-state index contributed by atoms with van der Waals surface area (Å²) in [4.78, 5) is 40.8. The van der Waals surface area contributed by atoms with Crippen molar-refractivity contribution in [1.29, 1.82) is 0 Å². The molecular formula is C17H13N3O3S. The van der Waals surface area contributed by atoms with Gasteiger partial charge in [0.05, 0.1) is 10.6 Å². The summed E-state index contributed by atoms with van der Waals surface area (Å²) in [7, 11) is 0. The minimum Gasteiger partial charge on any atom is -0.321 e. The van der Waals surface area contributed by atoms with Crippen LogP contribution in [0.5, 0.6) is 0 Å². The van der Waals surface area contributed by atoms with Crippen molar-refractivity contribution in [1.82, 2.24) is 9.97 Å². The first-order chi connectivity index (χ1) is 11.6. The van der Waals surface area contributed by atoms with Gasteiger partial charge >= 0.3 is 5.69 Å². The van der Waals surface area contributed by atoms with Crippen LogP contribution in [-0.4, -0.2) is 15.9 Å². The van der Waals surface area contributed by atoms with Crippen LogP contribution >= 0.6 is 11.8 Å². The monoisotopic (exact) mass is 339 g/mol. The van der Waals surface area contributed by atoms with E-state index in [1.54, 1.807) is 48.5 Å². The number of H-pyrrole nitrogens is 2. The average Bonchev–Trinajstić information content (AvgIpc) is 2.59. The zero-order valence-corrected chi connectivity index (χ0v) is 13.2. The van der Waals surface area contributed by atoms with Gasteiger partial charge in [0.2, 0.25) is 0 Å². The van der Waals surface area contributed by atoms with Gasteiger partial charge < -0.3 is 10.3 Å². The largest absolute Gasteiger partial charge is 0.325 e. The van der Waals surface area contributed by atoms with Crippen LogP contribution < -0.4 is 16.6 Å². The Morgan fingerprint density at radius 3 is 2.38 bits per heavy atom. The number of hydrogen-bond donors (Lipinski definition) is 3. The summed E-state index contributed by atoms with van der Waals surface area (Å²) in [5.74, 6) is -0.237. The molecule has 0 radical (unpaired) electrons. The van der Waals surface area contributed by atoms with Crippen molar-refractivity contribution < 1.29 is 4.79 Å². The lowest BCUT2D eigenvalue weighted by Gasteiger charge is -2.10. The van der Waals surface area contributed by atoms with Crippen LogP contribution in [0.1, 0.15) is 10.4 Å². The number of carbonyl (C=O) groups excluding carboxylic acids is 1. The summed E-state index contributed by atoms with van der Waals surface area (Å²) >= 11 is 1.16. The van der Waals surface area contributed by atoms with Gasteiger partial charge in [-0.1, -0.05) is 42.1 Å². The molecule has 0 aliphatic rings. The molecule has 0 bridgehead atoms. The second-order valence-corrected chi connectivity index (χ2v) is 5.94. The zero-order valence-electron chi connectivity index (χ0n) is 12.4. The Hall–Kier alpha value is -3.06. The van der Waals surface area contributed by atoms with Gasteiger partial charge in [0.1, 0.15) is 0 Å². The lowest BCUT2D eigenvalue weighted by Crippen LogP contribution is -2.22. The van der Waals surface area contributed by atoms with Crippen molar-refractivity contribution in [2.24, 2.45) is 0 Å². The highest BCUT2D eigenvalue weighted by Crippen LogP contribution is 2.31. The van der Waals surface area contributed by atoms with Crippen molar-refractivity contribution >= 4 is 23.4 Å². The molecule has 7 heteroatoms. The molecule has 3 rings (SSSR count). The number of nitrogens with one attached hydrogen (secondary N) is 3. The summed E-state index contributed by atoms with van der Waals surface area (Å²) in [6.07, 6.45) is 1.35. The molecule has 1 heterocycles. The second kappa shape index (κ2) is 7.01. The minimum absolute atomic E-state index is 0.237. The lowest BCUT2D eigenvalue weighted by atomic mass is 10.2. The molecule has 3 N–H and O–H groups in total. The normalized spacial score (nSPS) is 10.3. The van der Waals surface area contributed by atoms with Gasteiger partial charge in [-0.05, 0) is 24.3 Å². The van der Waals surface area contributed by atoms with Gasteiger partial charge in [-0.2, -0.15) is 0 Å². The molecule has 3 aromatic rings. The molecule has 6 nitrogen and oxygen atoms in total. The van der Waals surface area contributed by atoms with Gasteiger partial charge in [0.15, 0.2) is 0 Å². The zero-order chi connectivity index (χ0) is 16.9. The number of para-hydroxylation sites is 1.